The second-order valence-corrected chi connectivity index (χ2v) is 9.68. The van der Waals surface area contributed by atoms with E-state index < -0.39 is 0 Å². The zero-order valence-electron chi connectivity index (χ0n) is 18.4. The van der Waals surface area contributed by atoms with Crippen LogP contribution in [0.15, 0.2) is 24.3 Å². The van der Waals surface area contributed by atoms with Crippen molar-refractivity contribution in [2.24, 2.45) is 5.92 Å². The molecule has 2 saturated heterocycles. The van der Waals surface area contributed by atoms with E-state index in [1.807, 2.05) is 11.8 Å². The molecule has 0 unspecified atom stereocenters. The van der Waals surface area contributed by atoms with Crippen molar-refractivity contribution in [2.75, 3.05) is 26.2 Å². The van der Waals surface area contributed by atoms with E-state index in [0.717, 1.165) is 53.4 Å². The second kappa shape index (κ2) is 9.92. The Kier molecular flexibility index (Phi) is 7.02. The van der Waals surface area contributed by atoms with Gasteiger partial charge in [0.15, 0.2) is 0 Å². The van der Waals surface area contributed by atoms with Gasteiger partial charge in [-0.2, -0.15) is 0 Å². The van der Waals surface area contributed by atoms with Gasteiger partial charge in [0, 0.05) is 38.2 Å². The first-order valence-corrected chi connectivity index (χ1v) is 12.0. The van der Waals surface area contributed by atoms with E-state index in [4.69, 9.17) is 4.74 Å². The summed E-state index contributed by atoms with van der Waals surface area (Å²) in [5, 5.41) is 3.90. The van der Waals surface area contributed by atoms with Crippen LogP contribution in [0.3, 0.4) is 0 Å². The Bertz CT molecular complexity index is 911. The molecule has 0 bridgehead atoms. The van der Waals surface area contributed by atoms with Gasteiger partial charge in [0.05, 0.1) is 11.8 Å². The van der Waals surface area contributed by atoms with Gasteiger partial charge in [0.2, 0.25) is 5.91 Å². The highest BCUT2D eigenvalue weighted by Gasteiger charge is 2.28. The minimum absolute atomic E-state index is 0.0645. The first-order valence-electron chi connectivity index (χ1n) is 11.2. The summed E-state index contributed by atoms with van der Waals surface area (Å²) in [6, 6.07) is 8.24. The Morgan fingerprint density at radius 3 is 2.58 bits per heavy atom. The summed E-state index contributed by atoms with van der Waals surface area (Å²) in [4.78, 5) is 32.6. The summed E-state index contributed by atoms with van der Waals surface area (Å²) in [5.74, 6) is 0.496. The van der Waals surface area contributed by atoms with Crippen LogP contribution in [0, 0.1) is 19.8 Å². The maximum absolute atomic E-state index is 13.1. The molecule has 0 aliphatic carbocycles. The number of carbonyl (C=O) groups is 2. The number of hydrogen-bond donors (Lipinski definition) is 1. The molecule has 31 heavy (non-hydrogen) atoms. The lowest BCUT2D eigenvalue weighted by Crippen LogP contribution is -2.40. The number of nitrogens with one attached hydrogen (secondary N) is 1. The van der Waals surface area contributed by atoms with E-state index in [1.54, 1.807) is 0 Å². The van der Waals surface area contributed by atoms with Gasteiger partial charge in [-0.25, -0.2) is 4.98 Å². The molecule has 2 aromatic rings. The lowest BCUT2D eigenvalue weighted by atomic mass is 9.93. The maximum atomic E-state index is 13.1. The first-order chi connectivity index (χ1) is 15.0. The molecule has 6 nitrogen and oxygen atoms in total. The number of likely N-dealkylation sites (tertiary alicyclic amines) is 1. The fraction of sp³-hybridized carbons (Fsp3) is 0.542. The highest BCUT2D eigenvalue weighted by atomic mass is 32.1. The number of amides is 2. The molecule has 2 aliphatic rings. The van der Waals surface area contributed by atoms with Crippen molar-refractivity contribution in [3.8, 4) is 10.6 Å². The van der Waals surface area contributed by atoms with Gasteiger partial charge in [-0.1, -0.05) is 29.8 Å². The number of thiazole rings is 1. The summed E-state index contributed by atoms with van der Waals surface area (Å²) >= 11 is 1.47. The van der Waals surface area contributed by atoms with Crippen LogP contribution < -0.4 is 5.32 Å². The third-order valence-corrected chi connectivity index (χ3v) is 7.41. The smallest absolute Gasteiger partial charge is 0.265 e. The Morgan fingerprint density at radius 2 is 1.90 bits per heavy atom. The van der Waals surface area contributed by atoms with Crippen LogP contribution in [0.4, 0.5) is 0 Å². The van der Waals surface area contributed by atoms with Gasteiger partial charge in [-0.05, 0) is 45.4 Å². The van der Waals surface area contributed by atoms with Crippen molar-refractivity contribution in [1.29, 1.82) is 0 Å². The molecule has 1 N–H and O–H groups in total. The van der Waals surface area contributed by atoms with E-state index in [0.29, 0.717) is 32.0 Å². The number of hydrogen-bond acceptors (Lipinski definition) is 5. The Morgan fingerprint density at radius 1 is 1.16 bits per heavy atom. The molecule has 1 aromatic carbocycles. The van der Waals surface area contributed by atoms with Crippen molar-refractivity contribution in [1.82, 2.24) is 15.2 Å². The van der Waals surface area contributed by atoms with Gasteiger partial charge >= 0.3 is 0 Å². The molecule has 4 rings (SSSR count). The van der Waals surface area contributed by atoms with Crippen molar-refractivity contribution in [2.45, 2.75) is 52.1 Å². The van der Waals surface area contributed by atoms with Crippen LogP contribution in [0.2, 0.25) is 0 Å². The molecular formula is C24H31N3O3S. The second-order valence-electron chi connectivity index (χ2n) is 8.68. The monoisotopic (exact) mass is 441 g/mol. The summed E-state index contributed by atoms with van der Waals surface area (Å²) in [6.07, 6.45) is 4.55. The number of ether oxygens (including phenoxy) is 1. The molecule has 3 heterocycles. The highest BCUT2D eigenvalue weighted by molar-refractivity contribution is 7.17. The summed E-state index contributed by atoms with van der Waals surface area (Å²) in [7, 11) is 0. The maximum Gasteiger partial charge on any atom is 0.265 e. The van der Waals surface area contributed by atoms with E-state index in [1.165, 1.54) is 16.9 Å². The van der Waals surface area contributed by atoms with Crippen molar-refractivity contribution in [3.05, 3.63) is 40.4 Å². The Balaban J connectivity index is 1.28. The number of aryl methyl sites for hydroxylation is 2. The molecule has 0 radical (unpaired) electrons. The Hall–Kier alpha value is -2.25. The molecule has 0 spiro atoms. The Labute approximate surface area is 188 Å². The summed E-state index contributed by atoms with van der Waals surface area (Å²) in [5.41, 5.74) is 3.04. The standard InChI is InChI=1S/C24H31N3O3S/c1-16-5-7-19(8-6-16)23-26-17(2)22(31-23)24(29)27-11-9-18(10-12-27)14-21(28)25-15-20-4-3-13-30-20/h5-8,18,20H,3-4,9-15H2,1-2H3,(H,25,28)/t20-/m1/s1. The summed E-state index contributed by atoms with van der Waals surface area (Å²) < 4.78 is 5.56. The number of aromatic nitrogens is 1. The fourth-order valence-corrected chi connectivity index (χ4v) is 5.31. The van der Waals surface area contributed by atoms with Crippen molar-refractivity contribution >= 4 is 23.2 Å². The number of benzene rings is 1. The molecule has 1 atom stereocenters. The van der Waals surface area contributed by atoms with Crippen LogP contribution in [0.1, 0.15) is 53.0 Å². The first kappa shape index (κ1) is 22.0. The quantitative estimate of drug-likeness (QED) is 0.736. The molecule has 7 heteroatoms. The fourth-order valence-electron chi connectivity index (χ4n) is 4.27. The molecular weight excluding hydrogens is 410 g/mol. The van der Waals surface area contributed by atoms with E-state index >= 15 is 0 Å². The van der Waals surface area contributed by atoms with Crippen LogP contribution >= 0.6 is 11.3 Å². The predicted molar refractivity (Wildman–Crippen MR) is 122 cm³/mol. The van der Waals surface area contributed by atoms with Gasteiger partial charge in [0.25, 0.3) is 5.91 Å². The van der Waals surface area contributed by atoms with Crippen molar-refractivity contribution in [3.63, 3.8) is 0 Å². The third kappa shape index (κ3) is 5.52. The molecule has 1 aromatic heterocycles. The van der Waals surface area contributed by atoms with Gasteiger partial charge < -0.3 is 15.0 Å². The lowest BCUT2D eigenvalue weighted by molar-refractivity contribution is -0.122. The van der Waals surface area contributed by atoms with Crippen molar-refractivity contribution < 1.29 is 14.3 Å². The largest absolute Gasteiger partial charge is 0.376 e. The summed E-state index contributed by atoms with van der Waals surface area (Å²) in [6.45, 7) is 6.78. The SMILES string of the molecule is Cc1ccc(-c2nc(C)c(C(=O)N3CCC(CC(=O)NC[C@H]4CCCO4)CC3)s2)cc1. The van der Waals surface area contributed by atoms with Crippen LogP contribution in [-0.2, 0) is 9.53 Å². The van der Waals surface area contributed by atoms with E-state index in [2.05, 4.69) is 41.5 Å². The minimum atomic E-state index is 0.0645. The van der Waals surface area contributed by atoms with Gasteiger partial charge in [-0.15, -0.1) is 11.3 Å². The zero-order valence-corrected chi connectivity index (χ0v) is 19.2. The number of piperidine rings is 1. The number of carbonyl (C=O) groups excluding carboxylic acids is 2. The van der Waals surface area contributed by atoms with Crippen LogP contribution in [0.5, 0.6) is 0 Å². The zero-order chi connectivity index (χ0) is 21.8. The average molecular weight is 442 g/mol. The van der Waals surface area contributed by atoms with Crippen LogP contribution in [-0.4, -0.2) is 54.0 Å². The van der Waals surface area contributed by atoms with E-state index in [9.17, 15) is 9.59 Å². The molecule has 2 fully saturated rings. The van der Waals surface area contributed by atoms with Crippen LogP contribution in [0.25, 0.3) is 10.6 Å². The van der Waals surface area contributed by atoms with Gasteiger partial charge in [-0.3, -0.25) is 9.59 Å². The predicted octanol–water partition coefficient (Wildman–Crippen LogP) is 3.96. The molecule has 0 saturated carbocycles. The average Bonchev–Trinajstić information content (AvgIpc) is 3.43. The third-order valence-electron chi connectivity index (χ3n) is 6.22. The number of rotatable bonds is 6. The van der Waals surface area contributed by atoms with E-state index in [-0.39, 0.29) is 17.9 Å². The molecule has 2 amide bonds. The minimum Gasteiger partial charge on any atom is -0.376 e. The lowest BCUT2D eigenvalue weighted by Gasteiger charge is -2.31. The van der Waals surface area contributed by atoms with Gasteiger partial charge in [0.1, 0.15) is 9.88 Å². The number of nitrogens with zero attached hydrogens (tertiary/aromatic N) is 2. The normalized spacial score (nSPS) is 19.5. The highest BCUT2D eigenvalue weighted by Crippen LogP contribution is 2.30. The molecule has 2 aliphatic heterocycles. The topological polar surface area (TPSA) is 71.5 Å². The molecule has 166 valence electrons.